The molecule has 4 heteroatoms. The van der Waals surface area contributed by atoms with Crippen LogP contribution in [0, 0.1) is 0 Å². The van der Waals surface area contributed by atoms with E-state index in [2.05, 4.69) is 0 Å². The van der Waals surface area contributed by atoms with Gasteiger partial charge in [0.1, 0.15) is 0 Å². The maximum absolute atomic E-state index is 0. The molecule has 0 saturated carbocycles. The molecular weight excluding hydrogens is 394 g/mol. The second-order valence-corrected chi connectivity index (χ2v) is 0. The van der Waals surface area contributed by atoms with Crippen molar-refractivity contribution in [1.29, 1.82) is 0 Å². The zero-order valence-corrected chi connectivity index (χ0v) is 11.9. The predicted octanol–water partition coefficient (Wildman–Crippen LogP) is -1.14. The quantitative estimate of drug-likeness (QED) is 0.456. The summed E-state index contributed by atoms with van der Waals surface area (Å²) in [6.45, 7) is 0. The van der Waals surface area contributed by atoms with Gasteiger partial charge in [0.25, 0.3) is 0 Å². The van der Waals surface area contributed by atoms with Crippen molar-refractivity contribution in [1.82, 2.24) is 0 Å². The molecule has 0 aliphatic heterocycles. The smallest absolute Gasteiger partial charge is 2.00 e. The molecule has 0 amide bonds. The Kier molecular flexibility index (Phi) is 125. The van der Waals surface area contributed by atoms with Gasteiger partial charge in [-0.25, -0.2) is 0 Å². The number of rotatable bonds is 0. The average molecular weight is 394 g/mol. The molecule has 0 aliphatic rings. The van der Waals surface area contributed by atoms with E-state index < -0.39 is 0 Å². The van der Waals surface area contributed by atoms with Crippen LogP contribution in [-0.4, -0.2) is 58.7 Å². The second kappa shape index (κ2) is 17.1. The molecule has 0 aromatic rings. The molecule has 0 atom stereocenters. The Morgan fingerprint density at radius 2 is 1.00 bits per heavy atom. The standard InChI is InChI=1S/As.Cd.Se.Te/q+3;2*+2;-2. The maximum atomic E-state index is 0. The average Bonchev–Trinajstić information content (AvgIpc) is 0. The van der Waals surface area contributed by atoms with Crippen molar-refractivity contribution in [2.45, 2.75) is 0 Å². The minimum atomic E-state index is 0. The fourth-order valence-corrected chi connectivity index (χ4v) is 0. The first-order valence-electron chi connectivity index (χ1n) is 0. The summed E-state index contributed by atoms with van der Waals surface area (Å²) in [5.41, 5.74) is 0. The van der Waals surface area contributed by atoms with E-state index in [1.165, 1.54) is 0 Å². The first-order valence-corrected chi connectivity index (χ1v) is 0. The third-order valence-electron chi connectivity index (χ3n) is 0. The van der Waals surface area contributed by atoms with Gasteiger partial charge >= 0.3 is 62.3 Å². The van der Waals surface area contributed by atoms with Crippen LogP contribution >= 0.6 is 0 Å². The molecule has 6 radical (unpaired) electrons. The zero-order valence-electron chi connectivity index (χ0n) is 1.97. The molecule has 0 aromatic heterocycles. The molecule has 0 heterocycles. The molecule has 0 saturated heterocycles. The van der Waals surface area contributed by atoms with E-state index in [4.69, 9.17) is 0 Å². The fourth-order valence-electron chi connectivity index (χ4n) is 0. The largest absolute Gasteiger partial charge is 3.00 e. The Labute approximate surface area is 84.5 Å². The van der Waals surface area contributed by atoms with Gasteiger partial charge in [0.15, 0.2) is 0 Å². The summed E-state index contributed by atoms with van der Waals surface area (Å²) >= 11 is 0. The second-order valence-electron chi connectivity index (χ2n) is 0. The summed E-state index contributed by atoms with van der Waals surface area (Å²) in [6.07, 6.45) is 0. The summed E-state index contributed by atoms with van der Waals surface area (Å²) in [5.74, 6) is 0. The van der Waals surface area contributed by atoms with Gasteiger partial charge in [-0.2, -0.15) is 0 Å². The van der Waals surface area contributed by atoms with E-state index in [1.54, 1.807) is 0 Å². The number of hydrogen-bond acceptors (Lipinski definition) is 0. The molecule has 0 unspecified atom stereocenters. The van der Waals surface area contributed by atoms with Gasteiger partial charge in [0.2, 0.25) is 0 Å². The van der Waals surface area contributed by atoms with Crippen molar-refractivity contribution in [2.24, 2.45) is 0 Å². The van der Waals surface area contributed by atoms with Crippen LogP contribution in [0.15, 0.2) is 0 Å². The van der Waals surface area contributed by atoms with Crippen molar-refractivity contribution >= 4 is 58.7 Å². The summed E-state index contributed by atoms with van der Waals surface area (Å²) in [5, 5.41) is 0. The maximum Gasteiger partial charge on any atom is 3.00 e. The molecule has 0 N–H and O–H groups in total. The van der Waals surface area contributed by atoms with E-state index >= 15 is 0 Å². The van der Waals surface area contributed by atoms with Gasteiger partial charge in [0, 0.05) is 0 Å². The molecule has 4 heavy (non-hydrogen) atoms. The monoisotopic (exact) mass is 399 g/mol. The van der Waals surface area contributed by atoms with Crippen LogP contribution in [0.2, 0.25) is 0 Å². The van der Waals surface area contributed by atoms with Crippen molar-refractivity contribution in [3.63, 3.8) is 0 Å². The normalized spacial score (nSPS) is 0. The van der Waals surface area contributed by atoms with Gasteiger partial charge in [0.05, 0.1) is 0 Å². The van der Waals surface area contributed by atoms with E-state index in [9.17, 15) is 0 Å². The van der Waals surface area contributed by atoms with Gasteiger partial charge < -0.3 is 23.7 Å². The minimum Gasteiger partial charge on any atom is -2.00 e. The summed E-state index contributed by atoms with van der Waals surface area (Å²) in [6, 6.07) is 0. The molecule has 0 fully saturated rings. The predicted molar refractivity (Wildman–Crippen MR) is 17.3 cm³/mol. The SMILES string of the molecule is [As+3].[Cd+2].[Se+2].[Te-2]. The van der Waals surface area contributed by atoms with Crippen LogP contribution < -0.4 is 0 Å². The molecule has 14 valence electrons. The molecule has 0 nitrogen and oxygen atoms in total. The van der Waals surface area contributed by atoms with Gasteiger partial charge in [-0.05, 0) is 0 Å². The first-order chi connectivity index (χ1) is 0. The van der Waals surface area contributed by atoms with Crippen LogP contribution in [0.3, 0.4) is 0 Å². The third-order valence-corrected chi connectivity index (χ3v) is 0. The molecule has 0 spiro atoms. The van der Waals surface area contributed by atoms with E-state index in [0.29, 0.717) is 0 Å². The third kappa shape index (κ3) is 8.84. The van der Waals surface area contributed by atoms with E-state index in [0.717, 1.165) is 0 Å². The Balaban J connectivity index is 0. The van der Waals surface area contributed by atoms with Crippen molar-refractivity contribution in [3.05, 3.63) is 0 Å². The number of hydrogen-bond donors (Lipinski definition) is 0. The van der Waals surface area contributed by atoms with Crippen molar-refractivity contribution in [2.75, 3.05) is 0 Å². The van der Waals surface area contributed by atoms with Gasteiger partial charge in [-0.15, -0.1) is 0 Å². The summed E-state index contributed by atoms with van der Waals surface area (Å²) in [4.78, 5) is 0. The van der Waals surface area contributed by atoms with E-state index in [-0.39, 0.29) is 86.0 Å². The van der Waals surface area contributed by atoms with Crippen LogP contribution in [0.5, 0.6) is 0 Å². The first kappa shape index (κ1) is 29.2. The Morgan fingerprint density at radius 1 is 1.00 bits per heavy atom. The zero-order chi connectivity index (χ0) is 0. The van der Waals surface area contributed by atoms with Crippen LogP contribution in [-0.2, 0) is 27.3 Å². The molecule has 0 aliphatic carbocycles. The Morgan fingerprint density at radius 3 is 1.00 bits per heavy atom. The Hall–Kier alpha value is 2.79. The summed E-state index contributed by atoms with van der Waals surface area (Å²) < 4.78 is 0. The summed E-state index contributed by atoms with van der Waals surface area (Å²) in [7, 11) is 0. The van der Waals surface area contributed by atoms with Crippen molar-refractivity contribution < 1.29 is 27.3 Å². The Bertz CT molecular complexity index is 8.00. The van der Waals surface area contributed by atoms with Crippen LogP contribution in [0.4, 0.5) is 0 Å². The molecule has 0 aromatic carbocycles. The fraction of sp³-hybridized carbons (Fsp3) is 0. The van der Waals surface area contributed by atoms with Crippen LogP contribution in [0.25, 0.3) is 0 Å². The minimum absolute atomic E-state index is 0. The topological polar surface area (TPSA) is 0 Å². The molecular formula is AsCdSeTe+5. The molecule has 0 rings (SSSR count). The molecule has 0 bridgehead atoms. The van der Waals surface area contributed by atoms with Crippen molar-refractivity contribution in [3.8, 4) is 0 Å². The van der Waals surface area contributed by atoms with E-state index in [1.807, 2.05) is 0 Å². The van der Waals surface area contributed by atoms with Gasteiger partial charge in [-0.3, -0.25) is 0 Å². The van der Waals surface area contributed by atoms with Gasteiger partial charge in [-0.1, -0.05) is 0 Å². The van der Waals surface area contributed by atoms with Crippen LogP contribution in [0.1, 0.15) is 0 Å².